The molecular weight excluding hydrogens is 268 g/mol. The molecule has 0 radical (unpaired) electrons. The van der Waals surface area contributed by atoms with Crippen LogP contribution in [0.2, 0.25) is 0 Å². The topological polar surface area (TPSA) is 54.5 Å². The summed E-state index contributed by atoms with van der Waals surface area (Å²) in [5, 5.41) is 19.4. The van der Waals surface area contributed by atoms with Crippen molar-refractivity contribution in [1.82, 2.24) is 15.0 Å². The first-order chi connectivity index (χ1) is 9.81. The van der Waals surface area contributed by atoms with E-state index >= 15 is 0 Å². The van der Waals surface area contributed by atoms with E-state index in [-0.39, 0.29) is 6.04 Å². The van der Waals surface area contributed by atoms with E-state index in [4.69, 9.17) is 0 Å². The molecule has 1 atom stereocenters. The molecule has 1 unspecified atom stereocenters. The number of hydrogen-bond acceptors (Lipinski definition) is 4. The first kappa shape index (κ1) is 12.6. The second-order valence-corrected chi connectivity index (χ2v) is 5.35. The molecule has 2 heterocycles. The Morgan fingerprint density at radius 2 is 2.00 bits per heavy atom. The number of benzene rings is 1. The maximum absolute atomic E-state index is 9.22. The van der Waals surface area contributed by atoms with Gasteiger partial charge < -0.3 is 0 Å². The number of rotatable bonds is 3. The Morgan fingerprint density at radius 3 is 2.65 bits per heavy atom. The number of thiophene rings is 1. The molecule has 0 spiro atoms. The van der Waals surface area contributed by atoms with E-state index in [9.17, 15) is 5.26 Å². The maximum Gasteiger partial charge on any atom is 0.191 e. The highest BCUT2D eigenvalue weighted by molar-refractivity contribution is 7.13. The fourth-order valence-corrected chi connectivity index (χ4v) is 2.92. The van der Waals surface area contributed by atoms with Crippen LogP contribution in [0.15, 0.2) is 47.8 Å². The molecule has 0 saturated carbocycles. The number of nitrogens with zero attached hydrogens (tertiary/aromatic N) is 4. The van der Waals surface area contributed by atoms with E-state index in [2.05, 4.69) is 35.4 Å². The van der Waals surface area contributed by atoms with Gasteiger partial charge in [0.15, 0.2) is 5.69 Å². The number of aromatic nitrogens is 3. The van der Waals surface area contributed by atoms with Gasteiger partial charge in [-0.2, -0.15) is 5.26 Å². The normalized spacial score (nSPS) is 12.0. The fourth-order valence-electron chi connectivity index (χ4n) is 2.16. The van der Waals surface area contributed by atoms with Crippen LogP contribution in [0.25, 0.3) is 10.6 Å². The van der Waals surface area contributed by atoms with Crippen molar-refractivity contribution < 1.29 is 0 Å². The molecule has 0 aliphatic rings. The average Bonchev–Trinajstić information content (AvgIpc) is 3.15. The van der Waals surface area contributed by atoms with Gasteiger partial charge in [-0.05, 0) is 23.9 Å². The van der Waals surface area contributed by atoms with Gasteiger partial charge in [0.25, 0.3) is 0 Å². The highest BCUT2D eigenvalue weighted by Crippen LogP contribution is 2.30. The summed E-state index contributed by atoms with van der Waals surface area (Å²) in [6, 6.07) is 16.2. The zero-order chi connectivity index (χ0) is 13.9. The van der Waals surface area contributed by atoms with Crippen molar-refractivity contribution in [3.8, 4) is 16.6 Å². The predicted octanol–water partition coefficient (Wildman–Crippen LogP) is 3.49. The van der Waals surface area contributed by atoms with E-state index in [0.717, 1.165) is 16.1 Å². The molecule has 1 aromatic carbocycles. The van der Waals surface area contributed by atoms with Crippen LogP contribution in [0.4, 0.5) is 0 Å². The Balaban J connectivity index is 2.12. The molecule has 0 bridgehead atoms. The van der Waals surface area contributed by atoms with Crippen LogP contribution in [-0.4, -0.2) is 15.0 Å². The Kier molecular flexibility index (Phi) is 3.32. The smallest absolute Gasteiger partial charge is 0.191 e. The quantitative estimate of drug-likeness (QED) is 0.738. The van der Waals surface area contributed by atoms with Gasteiger partial charge in [-0.3, -0.25) is 0 Å². The van der Waals surface area contributed by atoms with Crippen LogP contribution < -0.4 is 0 Å². The van der Waals surface area contributed by atoms with Gasteiger partial charge in [-0.15, -0.1) is 16.4 Å². The van der Waals surface area contributed by atoms with Crippen LogP contribution in [0.3, 0.4) is 0 Å². The van der Waals surface area contributed by atoms with E-state index < -0.39 is 0 Å². The van der Waals surface area contributed by atoms with Crippen molar-refractivity contribution in [1.29, 1.82) is 5.26 Å². The lowest BCUT2D eigenvalue weighted by Crippen LogP contribution is -2.10. The van der Waals surface area contributed by atoms with Crippen LogP contribution in [-0.2, 0) is 0 Å². The third-order valence-electron chi connectivity index (χ3n) is 3.20. The first-order valence-electron chi connectivity index (χ1n) is 6.25. The standard InChI is InChI=1S/C15H12N4S/c1-11(12-6-3-2-4-7-12)19-15(13(10-16)17-18-19)14-8-5-9-20-14/h2-9,11H,1H3. The minimum atomic E-state index is 0.0305. The molecule has 3 rings (SSSR count). The van der Waals surface area contributed by atoms with Crippen molar-refractivity contribution in [3.05, 3.63) is 59.1 Å². The Bertz CT molecular complexity index is 738. The fraction of sp³-hybridized carbons (Fsp3) is 0.133. The molecule has 0 aliphatic carbocycles. The van der Waals surface area contributed by atoms with E-state index in [1.54, 1.807) is 11.3 Å². The van der Waals surface area contributed by atoms with Crippen LogP contribution in [0.5, 0.6) is 0 Å². The van der Waals surface area contributed by atoms with Gasteiger partial charge in [-0.1, -0.05) is 41.6 Å². The molecule has 20 heavy (non-hydrogen) atoms. The predicted molar refractivity (Wildman–Crippen MR) is 78.3 cm³/mol. The summed E-state index contributed by atoms with van der Waals surface area (Å²) in [4.78, 5) is 1.01. The minimum Gasteiger partial charge on any atom is -0.235 e. The second-order valence-electron chi connectivity index (χ2n) is 4.41. The minimum absolute atomic E-state index is 0.0305. The van der Waals surface area contributed by atoms with Gasteiger partial charge in [0.1, 0.15) is 11.8 Å². The zero-order valence-corrected chi connectivity index (χ0v) is 11.7. The Labute approximate surface area is 120 Å². The molecule has 3 aromatic rings. The summed E-state index contributed by atoms with van der Waals surface area (Å²) in [5.41, 5.74) is 2.30. The molecule has 98 valence electrons. The summed E-state index contributed by atoms with van der Waals surface area (Å²) in [5.74, 6) is 0. The Hall–Kier alpha value is -2.45. The third-order valence-corrected chi connectivity index (χ3v) is 4.08. The monoisotopic (exact) mass is 280 g/mol. The molecular formula is C15H12N4S. The molecule has 2 aromatic heterocycles. The number of hydrogen-bond donors (Lipinski definition) is 0. The molecule has 0 fully saturated rings. The molecule has 0 N–H and O–H groups in total. The van der Waals surface area contributed by atoms with E-state index in [1.165, 1.54) is 0 Å². The van der Waals surface area contributed by atoms with E-state index in [1.807, 2.05) is 40.4 Å². The van der Waals surface area contributed by atoms with Crippen molar-refractivity contribution in [2.24, 2.45) is 0 Å². The summed E-state index contributed by atoms with van der Waals surface area (Å²) in [6.45, 7) is 2.06. The van der Waals surface area contributed by atoms with Crippen LogP contribution >= 0.6 is 11.3 Å². The molecule has 0 saturated heterocycles. The lowest BCUT2D eigenvalue weighted by molar-refractivity contribution is 0.549. The lowest BCUT2D eigenvalue weighted by atomic mass is 10.1. The van der Waals surface area contributed by atoms with Gasteiger partial charge >= 0.3 is 0 Å². The lowest BCUT2D eigenvalue weighted by Gasteiger charge is -2.14. The van der Waals surface area contributed by atoms with Gasteiger partial charge in [-0.25, -0.2) is 4.68 Å². The van der Waals surface area contributed by atoms with Gasteiger partial charge in [0.05, 0.1) is 10.9 Å². The average molecular weight is 280 g/mol. The second kappa shape index (κ2) is 5.27. The van der Waals surface area contributed by atoms with Crippen molar-refractivity contribution in [2.75, 3.05) is 0 Å². The van der Waals surface area contributed by atoms with Crippen molar-refractivity contribution >= 4 is 11.3 Å². The molecule has 0 aliphatic heterocycles. The van der Waals surface area contributed by atoms with Crippen molar-refractivity contribution in [2.45, 2.75) is 13.0 Å². The van der Waals surface area contributed by atoms with Gasteiger partial charge in [0, 0.05) is 0 Å². The third kappa shape index (κ3) is 2.10. The van der Waals surface area contributed by atoms with Gasteiger partial charge in [0.2, 0.25) is 0 Å². The largest absolute Gasteiger partial charge is 0.235 e. The first-order valence-corrected chi connectivity index (χ1v) is 7.13. The maximum atomic E-state index is 9.22. The summed E-state index contributed by atoms with van der Waals surface area (Å²) < 4.78 is 1.82. The highest BCUT2D eigenvalue weighted by Gasteiger charge is 2.20. The van der Waals surface area contributed by atoms with Crippen molar-refractivity contribution in [3.63, 3.8) is 0 Å². The molecule has 4 nitrogen and oxygen atoms in total. The Morgan fingerprint density at radius 1 is 1.20 bits per heavy atom. The van der Waals surface area contributed by atoms with Crippen LogP contribution in [0, 0.1) is 11.3 Å². The molecule has 5 heteroatoms. The molecule has 0 amide bonds. The summed E-state index contributed by atoms with van der Waals surface area (Å²) in [6.07, 6.45) is 0. The van der Waals surface area contributed by atoms with Crippen LogP contribution in [0.1, 0.15) is 24.2 Å². The highest BCUT2D eigenvalue weighted by atomic mass is 32.1. The number of nitriles is 1. The zero-order valence-electron chi connectivity index (χ0n) is 10.9. The SMILES string of the molecule is CC(c1ccccc1)n1nnc(C#N)c1-c1cccs1. The summed E-state index contributed by atoms with van der Waals surface area (Å²) in [7, 11) is 0. The van der Waals surface area contributed by atoms with E-state index in [0.29, 0.717) is 5.69 Å². The summed E-state index contributed by atoms with van der Waals surface area (Å²) >= 11 is 1.59.